The van der Waals surface area contributed by atoms with E-state index in [-0.39, 0.29) is 5.78 Å². The van der Waals surface area contributed by atoms with E-state index >= 15 is 0 Å². The molecule has 0 aliphatic rings. The lowest BCUT2D eigenvalue weighted by Crippen LogP contribution is -2.08. The molecular weight excluding hydrogens is 338 g/mol. The molecule has 3 nitrogen and oxygen atoms in total. The minimum absolute atomic E-state index is 0.108. The number of hydrogen-bond acceptors (Lipinski definition) is 2. The Labute approximate surface area is 112 Å². The summed E-state index contributed by atoms with van der Waals surface area (Å²) >= 11 is 8.09. The lowest BCUT2D eigenvalue weighted by Gasteiger charge is -2.02. The zero-order chi connectivity index (χ0) is 11.7. The summed E-state index contributed by atoms with van der Waals surface area (Å²) in [7, 11) is 1.70. The van der Waals surface area contributed by atoms with Gasteiger partial charge >= 0.3 is 0 Å². The number of carbonyl (C=O) groups excluding carboxylic acids is 1. The third kappa shape index (κ3) is 2.12. The molecule has 0 fully saturated rings. The van der Waals surface area contributed by atoms with Crippen LogP contribution in [0.25, 0.3) is 0 Å². The molecule has 82 valence electrons. The molecule has 0 aliphatic carbocycles. The van der Waals surface area contributed by atoms with E-state index in [4.69, 9.17) is 11.6 Å². The van der Waals surface area contributed by atoms with Crippen LogP contribution in [0.3, 0.4) is 0 Å². The maximum absolute atomic E-state index is 12.2. The topological polar surface area (TPSA) is 34.9 Å². The average Bonchev–Trinajstić information content (AvgIpc) is 2.58. The molecule has 16 heavy (non-hydrogen) atoms. The van der Waals surface area contributed by atoms with E-state index in [1.54, 1.807) is 13.1 Å². The second-order valence-corrected chi connectivity index (χ2v) is 4.96. The Hall–Kier alpha value is -0.880. The molecule has 0 N–H and O–H groups in total. The van der Waals surface area contributed by atoms with Crippen LogP contribution in [0.5, 0.6) is 0 Å². The number of carbonyl (C=O) groups is 1. The van der Waals surface area contributed by atoms with Crippen molar-refractivity contribution in [2.45, 2.75) is 0 Å². The van der Waals surface area contributed by atoms with Crippen LogP contribution in [0.15, 0.2) is 30.5 Å². The lowest BCUT2D eigenvalue weighted by atomic mass is 10.1. The first-order valence-electron chi connectivity index (χ1n) is 4.57. The van der Waals surface area contributed by atoms with Crippen LogP contribution < -0.4 is 0 Å². The largest absolute Gasteiger partial charge is 0.287 e. The predicted octanol–water partition coefficient (Wildman–Crippen LogP) is 2.91. The molecule has 0 amide bonds. The molecule has 5 heteroatoms. The smallest absolute Gasteiger partial charge is 0.212 e. The number of rotatable bonds is 2. The monoisotopic (exact) mass is 346 g/mol. The predicted molar refractivity (Wildman–Crippen MR) is 70.8 cm³/mol. The van der Waals surface area contributed by atoms with Gasteiger partial charge in [0.1, 0.15) is 5.69 Å². The number of ketones is 1. The third-order valence-corrected chi connectivity index (χ3v) is 3.14. The molecule has 0 unspecified atom stereocenters. The summed E-state index contributed by atoms with van der Waals surface area (Å²) in [5.41, 5.74) is 1.04. The zero-order valence-corrected chi connectivity index (χ0v) is 11.4. The van der Waals surface area contributed by atoms with Crippen molar-refractivity contribution in [1.29, 1.82) is 0 Å². The van der Waals surface area contributed by atoms with Crippen LogP contribution in [-0.2, 0) is 7.05 Å². The van der Waals surface area contributed by atoms with E-state index in [9.17, 15) is 4.79 Å². The normalized spacial score (nSPS) is 10.4. The SMILES string of the molecule is Cn1ncc(Cl)c1C(=O)c1cccc(I)c1. The Kier molecular flexibility index (Phi) is 3.30. The minimum Gasteiger partial charge on any atom is -0.287 e. The van der Waals surface area contributed by atoms with Gasteiger partial charge in [0.05, 0.1) is 11.2 Å². The second kappa shape index (κ2) is 4.55. The van der Waals surface area contributed by atoms with Crippen molar-refractivity contribution in [3.05, 3.63) is 50.3 Å². The molecule has 0 atom stereocenters. The molecule has 2 aromatic rings. The van der Waals surface area contributed by atoms with Crippen LogP contribution in [-0.4, -0.2) is 15.6 Å². The number of hydrogen-bond donors (Lipinski definition) is 0. The van der Waals surface area contributed by atoms with Crippen LogP contribution in [0.4, 0.5) is 0 Å². The minimum atomic E-state index is -0.108. The number of nitrogens with zero attached hydrogens (tertiary/aromatic N) is 2. The molecular formula is C11H8ClIN2O. The molecule has 1 aromatic heterocycles. The van der Waals surface area contributed by atoms with E-state index in [1.165, 1.54) is 10.9 Å². The third-order valence-electron chi connectivity index (χ3n) is 2.20. The highest BCUT2D eigenvalue weighted by molar-refractivity contribution is 14.1. The van der Waals surface area contributed by atoms with Gasteiger partial charge in [-0.05, 0) is 34.7 Å². The number of halogens is 2. The molecule has 1 heterocycles. The van der Waals surface area contributed by atoms with Crippen molar-refractivity contribution < 1.29 is 4.79 Å². The molecule has 1 aromatic carbocycles. The number of aromatic nitrogens is 2. The summed E-state index contributed by atoms with van der Waals surface area (Å²) in [4.78, 5) is 12.2. The van der Waals surface area contributed by atoms with E-state index in [0.717, 1.165) is 3.57 Å². The average molecular weight is 347 g/mol. The molecule has 0 bridgehead atoms. The second-order valence-electron chi connectivity index (χ2n) is 3.30. The Balaban J connectivity index is 2.47. The van der Waals surface area contributed by atoms with Gasteiger partial charge in [0.15, 0.2) is 0 Å². The first kappa shape index (κ1) is 11.6. The first-order chi connectivity index (χ1) is 7.59. The Morgan fingerprint density at radius 3 is 2.81 bits per heavy atom. The van der Waals surface area contributed by atoms with E-state index in [2.05, 4.69) is 27.7 Å². The van der Waals surface area contributed by atoms with Crippen molar-refractivity contribution in [1.82, 2.24) is 9.78 Å². The molecule has 0 aliphatic heterocycles. The van der Waals surface area contributed by atoms with Gasteiger partial charge in [-0.1, -0.05) is 23.7 Å². The van der Waals surface area contributed by atoms with Crippen LogP contribution in [0.2, 0.25) is 5.02 Å². The highest BCUT2D eigenvalue weighted by Gasteiger charge is 2.17. The molecule has 0 radical (unpaired) electrons. The van der Waals surface area contributed by atoms with Crippen molar-refractivity contribution >= 4 is 40.0 Å². The van der Waals surface area contributed by atoms with Gasteiger partial charge in [0.25, 0.3) is 0 Å². The Morgan fingerprint density at radius 1 is 1.50 bits per heavy atom. The van der Waals surface area contributed by atoms with Gasteiger partial charge in [-0.3, -0.25) is 9.48 Å². The van der Waals surface area contributed by atoms with Gasteiger partial charge < -0.3 is 0 Å². The maximum Gasteiger partial charge on any atom is 0.212 e. The standard InChI is InChI=1S/C11H8ClIN2O/c1-15-10(9(12)6-14-15)11(16)7-3-2-4-8(13)5-7/h2-6H,1H3. The lowest BCUT2D eigenvalue weighted by molar-refractivity contribution is 0.103. The fourth-order valence-corrected chi connectivity index (χ4v) is 2.23. The maximum atomic E-state index is 12.2. The quantitative estimate of drug-likeness (QED) is 0.619. The molecule has 2 rings (SSSR count). The number of benzene rings is 1. The van der Waals surface area contributed by atoms with Crippen LogP contribution in [0.1, 0.15) is 16.1 Å². The van der Waals surface area contributed by atoms with E-state index in [0.29, 0.717) is 16.3 Å². The zero-order valence-electron chi connectivity index (χ0n) is 8.45. The summed E-state index contributed by atoms with van der Waals surface area (Å²) in [5, 5.41) is 4.33. The van der Waals surface area contributed by atoms with Crippen LogP contribution in [0, 0.1) is 3.57 Å². The van der Waals surface area contributed by atoms with Gasteiger partial charge in [-0.2, -0.15) is 5.10 Å². The summed E-state index contributed by atoms with van der Waals surface area (Å²) < 4.78 is 2.51. The van der Waals surface area contributed by atoms with Gasteiger partial charge in [-0.25, -0.2) is 0 Å². The summed E-state index contributed by atoms with van der Waals surface area (Å²) in [6.07, 6.45) is 1.47. The molecule has 0 saturated carbocycles. The summed E-state index contributed by atoms with van der Waals surface area (Å²) in [6, 6.07) is 7.38. The first-order valence-corrected chi connectivity index (χ1v) is 6.03. The van der Waals surface area contributed by atoms with E-state index < -0.39 is 0 Å². The fourth-order valence-electron chi connectivity index (χ4n) is 1.43. The highest BCUT2D eigenvalue weighted by Crippen LogP contribution is 2.19. The molecule has 0 spiro atoms. The molecule has 0 saturated heterocycles. The van der Waals surface area contributed by atoms with Crippen molar-refractivity contribution in [2.24, 2.45) is 7.05 Å². The summed E-state index contributed by atoms with van der Waals surface area (Å²) in [6.45, 7) is 0. The highest BCUT2D eigenvalue weighted by atomic mass is 127. The van der Waals surface area contributed by atoms with Crippen molar-refractivity contribution in [2.75, 3.05) is 0 Å². The van der Waals surface area contributed by atoms with Gasteiger partial charge in [-0.15, -0.1) is 0 Å². The number of aryl methyl sites for hydroxylation is 1. The van der Waals surface area contributed by atoms with Crippen molar-refractivity contribution in [3.63, 3.8) is 0 Å². The van der Waals surface area contributed by atoms with Crippen LogP contribution >= 0.6 is 34.2 Å². The Bertz CT molecular complexity index is 531. The fraction of sp³-hybridized carbons (Fsp3) is 0.0909. The van der Waals surface area contributed by atoms with Crippen molar-refractivity contribution in [3.8, 4) is 0 Å². The van der Waals surface area contributed by atoms with Gasteiger partial charge in [0.2, 0.25) is 5.78 Å². The van der Waals surface area contributed by atoms with Gasteiger partial charge in [0, 0.05) is 16.2 Å². The van der Waals surface area contributed by atoms with E-state index in [1.807, 2.05) is 18.2 Å². The summed E-state index contributed by atoms with van der Waals surface area (Å²) in [5.74, 6) is -0.108. The Morgan fingerprint density at radius 2 is 2.25 bits per heavy atom.